The number of benzene rings is 2. The van der Waals surface area contributed by atoms with Gasteiger partial charge in [-0.15, -0.1) is 0 Å². The molecule has 0 aromatic heterocycles. The molecule has 4 unspecified atom stereocenters. The number of fused-ring (bicyclic) bond motifs is 1. The molecule has 0 aliphatic carbocycles. The fraction of sp³-hybridized carbons (Fsp3) is 0.652. The van der Waals surface area contributed by atoms with Crippen LogP contribution in [0.5, 0.6) is 0 Å². The average molecular weight is 915 g/mol. The monoisotopic (exact) mass is 914 g/mol. The Labute approximate surface area is 378 Å². The molecule has 4 aliphatic heterocycles. The highest BCUT2D eigenvalue weighted by molar-refractivity contribution is 5.94. The van der Waals surface area contributed by atoms with Crippen LogP contribution in [0.3, 0.4) is 0 Å². The molecular formula is C46H66N4O15. The summed E-state index contributed by atoms with van der Waals surface area (Å²) < 4.78 is 22.3. The van der Waals surface area contributed by atoms with Crippen LogP contribution in [0, 0.1) is 5.92 Å². The number of hydrogen-bond acceptors (Lipinski definition) is 15. The van der Waals surface area contributed by atoms with Crippen molar-refractivity contribution in [1.29, 1.82) is 0 Å². The van der Waals surface area contributed by atoms with Crippen molar-refractivity contribution in [2.45, 2.75) is 151 Å². The molecule has 13 atom stereocenters. The summed E-state index contributed by atoms with van der Waals surface area (Å²) in [5.41, 5.74) is 1.78. The molecule has 19 nitrogen and oxygen atoms in total. The molecule has 4 aliphatic rings. The molecule has 4 saturated heterocycles. The average Bonchev–Trinajstić information content (AvgIpc) is 3.72. The standard InChI is InChI=1S/C46H66N4O15/c1-26(2)22-35(54)49-20-19-29-17-18-31(43(60)48-36(27-12-6-3-7-13-27)28-14-8-4-9-15-28)50(29)44(61)30(23-49)47-34(53)16-10-5-11-21-62-45-41(59)39(57)42(33(25-52)64-45)65-46-40(58)38(56)37(55)32(24-51)63-46/h3-4,6-9,12-15,26,29-33,36-42,45-46,51-52,55-59H,5,10-11,16-25H2,1-2H3,(H,47,53)(H,48,60)/t29-,30+,31+,32?,33?,37+,38?,39?,40+,41+,42-,45-,46+/m1/s1. The fourth-order valence-corrected chi connectivity index (χ4v) is 9.06. The molecule has 4 amide bonds. The predicted molar refractivity (Wildman–Crippen MR) is 230 cm³/mol. The van der Waals surface area contributed by atoms with E-state index in [1.54, 1.807) is 9.80 Å². The van der Waals surface area contributed by atoms with Gasteiger partial charge in [-0.2, -0.15) is 0 Å². The molecule has 0 radical (unpaired) electrons. The van der Waals surface area contributed by atoms with E-state index in [4.69, 9.17) is 18.9 Å². The summed E-state index contributed by atoms with van der Waals surface area (Å²) in [6.07, 6.45) is -12.6. The summed E-state index contributed by atoms with van der Waals surface area (Å²) in [5.74, 6) is -1.14. The van der Waals surface area contributed by atoms with Gasteiger partial charge in [0.05, 0.1) is 19.3 Å². The van der Waals surface area contributed by atoms with Crippen LogP contribution in [-0.2, 0) is 38.1 Å². The second-order valence-electron chi connectivity index (χ2n) is 17.8. The number of unbranched alkanes of at least 4 members (excludes halogenated alkanes) is 2. The van der Waals surface area contributed by atoms with Gasteiger partial charge in [0, 0.05) is 38.6 Å². The van der Waals surface area contributed by atoms with Crippen molar-refractivity contribution in [3.05, 3.63) is 71.8 Å². The zero-order valence-corrected chi connectivity index (χ0v) is 36.9. The van der Waals surface area contributed by atoms with Crippen LogP contribution in [0.15, 0.2) is 60.7 Å². The third-order valence-electron chi connectivity index (χ3n) is 12.6. The lowest BCUT2D eigenvalue weighted by atomic mass is 9.97. The molecule has 4 fully saturated rings. The van der Waals surface area contributed by atoms with E-state index in [0.717, 1.165) is 11.1 Å². The Balaban J connectivity index is 1.03. The van der Waals surface area contributed by atoms with Gasteiger partial charge in [0.1, 0.15) is 60.9 Å². The molecule has 19 heteroatoms. The number of nitrogens with one attached hydrogen (secondary N) is 2. The molecule has 4 heterocycles. The van der Waals surface area contributed by atoms with Gasteiger partial charge >= 0.3 is 0 Å². The summed E-state index contributed by atoms with van der Waals surface area (Å²) in [5, 5.41) is 77.8. The molecule has 0 saturated carbocycles. The molecule has 0 bridgehead atoms. The van der Waals surface area contributed by atoms with Gasteiger partial charge in [0.25, 0.3) is 0 Å². The van der Waals surface area contributed by atoms with Gasteiger partial charge in [0.2, 0.25) is 23.6 Å². The van der Waals surface area contributed by atoms with E-state index in [-0.39, 0.29) is 49.8 Å². The molecule has 65 heavy (non-hydrogen) atoms. The van der Waals surface area contributed by atoms with Gasteiger partial charge in [-0.25, -0.2) is 0 Å². The molecular weight excluding hydrogens is 849 g/mol. The smallest absolute Gasteiger partial charge is 0.247 e. The minimum atomic E-state index is -1.79. The Morgan fingerprint density at radius 3 is 2.03 bits per heavy atom. The van der Waals surface area contributed by atoms with Gasteiger partial charge < -0.3 is 75.1 Å². The minimum absolute atomic E-state index is 0.0235. The number of hydrogen-bond donors (Lipinski definition) is 9. The summed E-state index contributed by atoms with van der Waals surface area (Å²) in [7, 11) is 0. The van der Waals surface area contributed by atoms with E-state index < -0.39 is 105 Å². The van der Waals surface area contributed by atoms with E-state index in [1.165, 1.54) is 0 Å². The number of nitrogens with zero attached hydrogens (tertiary/aromatic N) is 2. The van der Waals surface area contributed by atoms with Crippen molar-refractivity contribution in [2.75, 3.05) is 32.9 Å². The van der Waals surface area contributed by atoms with Crippen LogP contribution in [0.2, 0.25) is 0 Å². The zero-order chi connectivity index (χ0) is 46.8. The molecule has 9 N–H and O–H groups in total. The highest BCUT2D eigenvalue weighted by atomic mass is 16.7. The maximum absolute atomic E-state index is 14.5. The van der Waals surface area contributed by atoms with Gasteiger partial charge in [-0.05, 0) is 49.1 Å². The second kappa shape index (κ2) is 23.6. The van der Waals surface area contributed by atoms with E-state index in [9.17, 15) is 54.9 Å². The number of amides is 4. The van der Waals surface area contributed by atoms with Crippen molar-refractivity contribution < 1.29 is 73.9 Å². The normalized spacial score (nSPS) is 31.9. The first-order chi connectivity index (χ1) is 31.2. The third-order valence-corrected chi connectivity index (χ3v) is 12.6. The Morgan fingerprint density at radius 2 is 1.40 bits per heavy atom. The number of aliphatic hydroxyl groups is 7. The second-order valence-corrected chi connectivity index (χ2v) is 17.8. The van der Waals surface area contributed by atoms with Gasteiger partial charge in [-0.3, -0.25) is 19.2 Å². The van der Waals surface area contributed by atoms with Gasteiger partial charge in [-0.1, -0.05) is 80.9 Å². The topological polar surface area (TPSA) is 277 Å². The lowest BCUT2D eigenvalue weighted by Gasteiger charge is -2.45. The Morgan fingerprint density at radius 1 is 0.769 bits per heavy atom. The molecule has 2 aromatic carbocycles. The summed E-state index contributed by atoms with van der Waals surface area (Å²) in [4.78, 5) is 58.9. The Kier molecular flexibility index (Phi) is 18.2. The molecule has 6 rings (SSSR count). The maximum atomic E-state index is 14.5. The maximum Gasteiger partial charge on any atom is 0.247 e. The molecule has 2 aromatic rings. The van der Waals surface area contributed by atoms with E-state index in [0.29, 0.717) is 45.1 Å². The van der Waals surface area contributed by atoms with Crippen molar-refractivity contribution in [2.24, 2.45) is 5.92 Å². The lowest BCUT2D eigenvalue weighted by molar-refractivity contribution is -0.359. The fourth-order valence-electron chi connectivity index (χ4n) is 9.06. The van der Waals surface area contributed by atoms with E-state index in [1.807, 2.05) is 74.5 Å². The summed E-state index contributed by atoms with van der Waals surface area (Å²) in [6, 6.07) is 16.6. The first-order valence-electron chi connectivity index (χ1n) is 22.7. The Bertz CT molecular complexity index is 1800. The quantitative estimate of drug-likeness (QED) is 0.0830. The SMILES string of the molecule is CC(C)CC(=O)N1CC[C@H]2CC[C@@H](C(=O)NC(c3ccccc3)c3ccccc3)N2C(=O)[C@@H](NC(=O)CCCCCO[C@@H]2OC(CO)[C@@H](O[C@@H]3OC(CO)[C@H](O)C(O)[C@@H]3O)C(O)[C@@H]2O)C1. The first kappa shape index (κ1) is 50.3. The minimum Gasteiger partial charge on any atom is -0.394 e. The number of carbonyl (C=O) groups is 4. The number of aliphatic hydroxyl groups excluding tert-OH is 7. The predicted octanol–water partition coefficient (Wildman–Crippen LogP) is -0.784. The molecule has 0 spiro atoms. The van der Waals surface area contributed by atoms with Crippen LogP contribution in [0.25, 0.3) is 0 Å². The third kappa shape index (κ3) is 12.5. The summed E-state index contributed by atoms with van der Waals surface area (Å²) >= 11 is 0. The first-order valence-corrected chi connectivity index (χ1v) is 22.7. The van der Waals surface area contributed by atoms with Crippen molar-refractivity contribution in [3.8, 4) is 0 Å². The summed E-state index contributed by atoms with van der Waals surface area (Å²) in [6.45, 7) is 2.83. The Hall–Kier alpha value is -4.12. The van der Waals surface area contributed by atoms with Gasteiger partial charge in [0.15, 0.2) is 12.6 Å². The van der Waals surface area contributed by atoms with Crippen LogP contribution in [-0.4, -0.2) is 182 Å². The van der Waals surface area contributed by atoms with Crippen LogP contribution < -0.4 is 10.6 Å². The number of carbonyl (C=O) groups excluding carboxylic acids is 4. The lowest BCUT2D eigenvalue weighted by Crippen LogP contribution is -2.64. The van der Waals surface area contributed by atoms with Crippen LogP contribution in [0.4, 0.5) is 0 Å². The van der Waals surface area contributed by atoms with Crippen molar-refractivity contribution in [1.82, 2.24) is 20.4 Å². The highest BCUT2D eigenvalue weighted by Gasteiger charge is 2.51. The van der Waals surface area contributed by atoms with E-state index >= 15 is 0 Å². The molecule has 360 valence electrons. The highest BCUT2D eigenvalue weighted by Crippen LogP contribution is 2.33. The number of ether oxygens (including phenoxy) is 4. The van der Waals surface area contributed by atoms with Crippen LogP contribution in [0.1, 0.15) is 82.4 Å². The van der Waals surface area contributed by atoms with Crippen molar-refractivity contribution >= 4 is 23.6 Å². The van der Waals surface area contributed by atoms with Crippen molar-refractivity contribution in [3.63, 3.8) is 0 Å². The van der Waals surface area contributed by atoms with Crippen LogP contribution >= 0.6 is 0 Å². The zero-order valence-electron chi connectivity index (χ0n) is 36.9. The van der Waals surface area contributed by atoms with E-state index in [2.05, 4.69) is 10.6 Å². The largest absolute Gasteiger partial charge is 0.394 e. The number of rotatable bonds is 18.